The number of ether oxygens (including phenoxy) is 1. The number of benzene rings is 1. The highest BCUT2D eigenvalue weighted by atomic mass is 32.1. The van der Waals surface area contributed by atoms with Gasteiger partial charge in [0.05, 0.1) is 23.9 Å². The number of fused-ring (bicyclic) bond motifs is 3. The van der Waals surface area contributed by atoms with Crippen molar-refractivity contribution in [2.75, 3.05) is 11.9 Å². The zero-order valence-corrected chi connectivity index (χ0v) is 21.7. The molecule has 7 nitrogen and oxygen atoms in total. The van der Waals surface area contributed by atoms with Gasteiger partial charge in [0.2, 0.25) is 5.91 Å². The molecule has 0 saturated heterocycles. The fourth-order valence-corrected chi connectivity index (χ4v) is 5.78. The van der Waals surface area contributed by atoms with Gasteiger partial charge in [0.25, 0.3) is 5.56 Å². The van der Waals surface area contributed by atoms with Crippen LogP contribution in [0.5, 0.6) is 0 Å². The van der Waals surface area contributed by atoms with Gasteiger partial charge in [0.15, 0.2) is 0 Å². The Labute approximate surface area is 209 Å². The number of amides is 1. The first-order valence-corrected chi connectivity index (χ1v) is 13.1. The van der Waals surface area contributed by atoms with E-state index in [9.17, 15) is 14.4 Å². The number of nitrogens with one attached hydrogen (secondary N) is 1. The molecular formula is C27H33N3O4S. The smallest absolute Gasteiger partial charge is 0.338 e. The normalized spacial score (nSPS) is 15.6. The van der Waals surface area contributed by atoms with Gasteiger partial charge in [-0.25, -0.2) is 9.78 Å². The van der Waals surface area contributed by atoms with Gasteiger partial charge in [0.1, 0.15) is 11.4 Å². The van der Waals surface area contributed by atoms with Crippen LogP contribution in [-0.4, -0.2) is 28.0 Å². The van der Waals surface area contributed by atoms with E-state index in [0.29, 0.717) is 29.2 Å². The first-order valence-electron chi connectivity index (χ1n) is 12.2. The first kappa shape index (κ1) is 25.1. The Morgan fingerprint density at radius 1 is 1.29 bits per heavy atom. The lowest BCUT2D eigenvalue weighted by molar-refractivity contribution is -0.116. The summed E-state index contributed by atoms with van der Waals surface area (Å²) in [6.07, 6.45) is 6.08. The predicted molar refractivity (Wildman–Crippen MR) is 139 cm³/mol. The van der Waals surface area contributed by atoms with E-state index in [1.165, 1.54) is 15.8 Å². The fraction of sp³-hybridized carbons (Fsp3) is 0.481. The van der Waals surface area contributed by atoms with Crippen molar-refractivity contribution in [3.05, 3.63) is 57.0 Å². The van der Waals surface area contributed by atoms with Crippen LogP contribution in [0.4, 0.5) is 5.69 Å². The van der Waals surface area contributed by atoms with Crippen molar-refractivity contribution < 1.29 is 14.3 Å². The molecular weight excluding hydrogens is 462 g/mol. The Balaban J connectivity index is 1.48. The third-order valence-electron chi connectivity index (χ3n) is 6.69. The van der Waals surface area contributed by atoms with Crippen LogP contribution < -0.4 is 10.9 Å². The number of esters is 1. The number of hydrogen-bond donors (Lipinski definition) is 1. The molecule has 2 heterocycles. The van der Waals surface area contributed by atoms with Crippen LogP contribution in [0.25, 0.3) is 10.2 Å². The third kappa shape index (κ3) is 5.64. The molecule has 0 spiro atoms. The van der Waals surface area contributed by atoms with Crippen LogP contribution in [0, 0.1) is 11.3 Å². The maximum atomic E-state index is 13.3. The quantitative estimate of drug-likeness (QED) is 0.359. The van der Waals surface area contributed by atoms with E-state index in [-0.39, 0.29) is 23.4 Å². The highest BCUT2D eigenvalue weighted by molar-refractivity contribution is 7.18. The summed E-state index contributed by atoms with van der Waals surface area (Å²) in [6, 6.07) is 6.62. The number of carbonyl (C=O) groups is 2. The molecule has 2 aromatic heterocycles. The van der Waals surface area contributed by atoms with Crippen LogP contribution >= 0.6 is 11.3 Å². The van der Waals surface area contributed by atoms with Crippen molar-refractivity contribution in [3.63, 3.8) is 0 Å². The summed E-state index contributed by atoms with van der Waals surface area (Å²) in [5, 5.41) is 3.43. The van der Waals surface area contributed by atoms with Gasteiger partial charge in [-0.05, 0) is 60.8 Å². The predicted octanol–water partition coefficient (Wildman–Crippen LogP) is 5.20. The maximum Gasteiger partial charge on any atom is 0.338 e. The molecule has 1 atom stereocenters. The summed E-state index contributed by atoms with van der Waals surface area (Å²) in [7, 11) is 0. The zero-order chi connectivity index (χ0) is 25.2. The molecule has 1 unspecified atom stereocenters. The second-order valence-electron chi connectivity index (χ2n) is 10.3. The zero-order valence-electron chi connectivity index (χ0n) is 20.8. The Kier molecular flexibility index (Phi) is 7.40. The molecule has 186 valence electrons. The van der Waals surface area contributed by atoms with Gasteiger partial charge in [-0.3, -0.25) is 14.2 Å². The fourth-order valence-electron chi connectivity index (χ4n) is 4.52. The van der Waals surface area contributed by atoms with Gasteiger partial charge < -0.3 is 10.1 Å². The molecule has 0 radical (unpaired) electrons. The molecule has 8 heteroatoms. The van der Waals surface area contributed by atoms with Crippen molar-refractivity contribution in [1.29, 1.82) is 0 Å². The summed E-state index contributed by atoms with van der Waals surface area (Å²) >= 11 is 1.61. The Hall–Kier alpha value is -3.00. The van der Waals surface area contributed by atoms with Gasteiger partial charge >= 0.3 is 5.97 Å². The summed E-state index contributed by atoms with van der Waals surface area (Å²) in [4.78, 5) is 44.7. The average Bonchev–Trinajstić information content (AvgIpc) is 3.19. The minimum Gasteiger partial charge on any atom is -0.462 e. The number of aromatic nitrogens is 2. The number of rotatable bonds is 7. The summed E-state index contributed by atoms with van der Waals surface area (Å²) in [6.45, 7) is 9.05. The molecule has 35 heavy (non-hydrogen) atoms. The molecule has 3 aromatic rings. The van der Waals surface area contributed by atoms with Crippen molar-refractivity contribution in [1.82, 2.24) is 9.55 Å². The molecule has 4 rings (SSSR count). The van der Waals surface area contributed by atoms with Crippen LogP contribution in [-0.2, 0) is 28.9 Å². The summed E-state index contributed by atoms with van der Waals surface area (Å²) in [5.41, 5.74) is 2.00. The largest absolute Gasteiger partial charge is 0.462 e. The van der Waals surface area contributed by atoms with E-state index in [0.717, 1.165) is 42.5 Å². The van der Waals surface area contributed by atoms with Crippen molar-refractivity contribution >= 4 is 39.1 Å². The minimum absolute atomic E-state index is 0.151. The number of aryl methyl sites for hydroxylation is 1. The summed E-state index contributed by atoms with van der Waals surface area (Å²) < 4.78 is 6.60. The molecule has 0 aliphatic heterocycles. The average molecular weight is 496 g/mol. The first-order chi connectivity index (χ1) is 16.7. The van der Waals surface area contributed by atoms with Crippen molar-refractivity contribution in [3.8, 4) is 0 Å². The molecule has 0 bridgehead atoms. The van der Waals surface area contributed by atoms with Crippen LogP contribution in [0.1, 0.15) is 67.8 Å². The molecule has 0 saturated carbocycles. The topological polar surface area (TPSA) is 90.3 Å². The Morgan fingerprint density at radius 3 is 2.83 bits per heavy atom. The monoisotopic (exact) mass is 495 g/mol. The molecule has 1 aliphatic carbocycles. The van der Waals surface area contributed by atoms with E-state index in [1.54, 1.807) is 35.6 Å². The molecule has 1 N–H and O–H groups in total. The highest BCUT2D eigenvalue weighted by Crippen LogP contribution is 2.41. The highest BCUT2D eigenvalue weighted by Gasteiger charge is 2.31. The number of hydrogen-bond acceptors (Lipinski definition) is 6. The molecule has 1 aliphatic rings. The van der Waals surface area contributed by atoms with E-state index in [1.807, 2.05) is 6.92 Å². The SMILES string of the molecule is CCCCOC(=O)c1cccc(NC(=O)Cn2cnc3sc4c(c3c2=O)CCC(C(C)(C)C)C4)c1. The van der Waals surface area contributed by atoms with E-state index in [4.69, 9.17) is 4.74 Å². The second kappa shape index (κ2) is 10.3. The van der Waals surface area contributed by atoms with Crippen LogP contribution in [0.3, 0.4) is 0 Å². The maximum absolute atomic E-state index is 13.3. The van der Waals surface area contributed by atoms with Crippen LogP contribution in [0.2, 0.25) is 0 Å². The van der Waals surface area contributed by atoms with E-state index in [2.05, 4.69) is 31.1 Å². The third-order valence-corrected chi connectivity index (χ3v) is 7.85. The van der Waals surface area contributed by atoms with E-state index < -0.39 is 5.97 Å². The number of carbonyl (C=O) groups excluding carboxylic acids is 2. The summed E-state index contributed by atoms with van der Waals surface area (Å²) in [5.74, 6) is -0.200. The Morgan fingerprint density at radius 2 is 2.09 bits per heavy atom. The van der Waals surface area contributed by atoms with Gasteiger partial charge in [-0.1, -0.05) is 40.2 Å². The van der Waals surface area contributed by atoms with Gasteiger partial charge in [-0.2, -0.15) is 0 Å². The number of anilines is 1. The van der Waals surface area contributed by atoms with Crippen molar-refractivity contribution in [2.45, 2.75) is 66.3 Å². The lowest BCUT2D eigenvalue weighted by Gasteiger charge is -2.33. The second-order valence-corrected chi connectivity index (χ2v) is 11.4. The molecule has 1 amide bonds. The van der Waals surface area contributed by atoms with E-state index >= 15 is 0 Å². The standard InChI is InChI=1S/C27H33N3O4S/c1-5-6-12-34-26(33)17-8-7-9-19(13-17)29-22(31)15-30-16-28-24-23(25(30)32)20-11-10-18(27(2,3)4)14-21(20)35-24/h7-9,13,16,18H,5-6,10-12,14-15H2,1-4H3,(H,29,31). The number of unbranched alkanes of at least 4 members (excludes halogenated alkanes) is 1. The van der Waals surface area contributed by atoms with Gasteiger partial charge in [0, 0.05) is 10.6 Å². The molecule has 0 fully saturated rings. The van der Waals surface area contributed by atoms with Crippen LogP contribution in [0.15, 0.2) is 35.4 Å². The van der Waals surface area contributed by atoms with Gasteiger partial charge in [-0.15, -0.1) is 11.3 Å². The minimum atomic E-state index is -0.420. The number of thiophene rings is 1. The Bertz CT molecular complexity index is 1300. The molecule has 1 aromatic carbocycles. The van der Waals surface area contributed by atoms with Crippen molar-refractivity contribution in [2.24, 2.45) is 11.3 Å². The lowest BCUT2D eigenvalue weighted by atomic mass is 9.72. The lowest BCUT2D eigenvalue weighted by Crippen LogP contribution is -2.29. The number of nitrogens with zero attached hydrogens (tertiary/aromatic N) is 2.